The molecule has 152 valence electrons. The molecule has 2 fully saturated rings. The Morgan fingerprint density at radius 3 is 2.76 bits per heavy atom. The first-order valence-electron chi connectivity index (χ1n) is 9.63. The molecule has 2 aromatic rings. The zero-order valence-corrected chi connectivity index (χ0v) is 16.7. The molecule has 1 atom stereocenters. The molecular weight excluding hydrogens is 393 g/mol. The summed E-state index contributed by atoms with van der Waals surface area (Å²) in [7, 11) is 0. The molecule has 1 unspecified atom stereocenters. The highest BCUT2D eigenvalue weighted by molar-refractivity contribution is 7.08. The summed E-state index contributed by atoms with van der Waals surface area (Å²) in [5, 5.41) is 3.90. The fourth-order valence-corrected chi connectivity index (χ4v) is 4.62. The molecule has 2 saturated heterocycles. The monoisotopic (exact) mass is 415 g/mol. The van der Waals surface area contributed by atoms with Crippen LogP contribution in [-0.4, -0.2) is 64.6 Å². The SMILES string of the molecule is O=C(Cc1ccsc1)N1CCC2C(=O)N(Cc3cccc(F)c3)CC(=O)N2CC1. The average molecular weight is 415 g/mol. The first-order chi connectivity index (χ1) is 14.0. The molecule has 0 saturated carbocycles. The predicted molar refractivity (Wildman–Crippen MR) is 107 cm³/mol. The highest BCUT2D eigenvalue weighted by atomic mass is 32.1. The number of amides is 3. The fraction of sp³-hybridized carbons (Fsp3) is 0.381. The van der Waals surface area contributed by atoms with E-state index >= 15 is 0 Å². The number of carbonyl (C=O) groups is 3. The van der Waals surface area contributed by atoms with Crippen molar-refractivity contribution in [2.45, 2.75) is 25.4 Å². The van der Waals surface area contributed by atoms with Crippen LogP contribution in [0.25, 0.3) is 0 Å². The zero-order chi connectivity index (χ0) is 20.4. The first kappa shape index (κ1) is 19.6. The summed E-state index contributed by atoms with van der Waals surface area (Å²) in [4.78, 5) is 43.2. The van der Waals surface area contributed by atoms with Gasteiger partial charge >= 0.3 is 0 Å². The predicted octanol–water partition coefficient (Wildman–Crippen LogP) is 1.90. The molecule has 6 nitrogen and oxygen atoms in total. The topological polar surface area (TPSA) is 60.9 Å². The second-order valence-electron chi connectivity index (χ2n) is 7.40. The van der Waals surface area contributed by atoms with Crippen LogP contribution in [-0.2, 0) is 27.3 Å². The molecule has 2 aliphatic heterocycles. The van der Waals surface area contributed by atoms with Gasteiger partial charge in [0.1, 0.15) is 18.4 Å². The summed E-state index contributed by atoms with van der Waals surface area (Å²) in [5.41, 5.74) is 1.64. The number of rotatable bonds is 4. The van der Waals surface area contributed by atoms with E-state index in [0.717, 1.165) is 5.56 Å². The Balaban J connectivity index is 1.43. The number of hydrogen-bond donors (Lipinski definition) is 0. The van der Waals surface area contributed by atoms with Gasteiger partial charge in [0.15, 0.2) is 0 Å². The average Bonchev–Trinajstić information content (AvgIpc) is 3.08. The van der Waals surface area contributed by atoms with Crippen LogP contribution in [0.5, 0.6) is 0 Å². The van der Waals surface area contributed by atoms with Crippen LogP contribution >= 0.6 is 11.3 Å². The number of nitrogens with zero attached hydrogens (tertiary/aromatic N) is 3. The zero-order valence-electron chi connectivity index (χ0n) is 15.9. The van der Waals surface area contributed by atoms with E-state index in [4.69, 9.17) is 0 Å². The van der Waals surface area contributed by atoms with Gasteiger partial charge in [-0.25, -0.2) is 4.39 Å². The molecule has 1 aromatic heterocycles. The number of halogens is 1. The van der Waals surface area contributed by atoms with Gasteiger partial charge in [0.25, 0.3) is 0 Å². The summed E-state index contributed by atoms with van der Waals surface area (Å²) in [6, 6.07) is 7.43. The molecular formula is C21H22FN3O3S. The molecule has 0 radical (unpaired) electrons. The minimum Gasteiger partial charge on any atom is -0.341 e. The van der Waals surface area contributed by atoms with E-state index in [1.807, 2.05) is 16.8 Å². The van der Waals surface area contributed by atoms with E-state index in [2.05, 4.69) is 0 Å². The molecule has 0 bridgehead atoms. The summed E-state index contributed by atoms with van der Waals surface area (Å²) in [5.74, 6) is -0.618. The van der Waals surface area contributed by atoms with Crippen molar-refractivity contribution >= 4 is 29.1 Å². The minimum atomic E-state index is -0.566. The van der Waals surface area contributed by atoms with Crippen LogP contribution in [0.15, 0.2) is 41.1 Å². The van der Waals surface area contributed by atoms with E-state index in [1.165, 1.54) is 17.0 Å². The van der Waals surface area contributed by atoms with Crippen LogP contribution in [0.4, 0.5) is 4.39 Å². The Morgan fingerprint density at radius 2 is 2.00 bits per heavy atom. The number of carbonyl (C=O) groups excluding carboxylic acids is 3. The number of thiophene rings is 1. The van der Waals surface area contributed by atoms with Crippen molar-refractivity contribution in [3.63, 3.8) is 0 Å². The molecule has 4 rings (SSSR count). The molecule has 2 aliphatic rings. The third-order valence-electron chi connectivity index (χ3n) is 5.45. The van der Waals surface area contributed by atoms with Crippen molar-refractivity contribution in [1.29, 1.82) is 0 Å². The lowest BCUT2D eigenvalue weighted by atomic mass is 10.1. The van der Waals surface area contributed by atoms with Crippen LogP contribution in [0.2, 0.25) is 0 Å². The smallest absolute Gasteiger partial charge is 0.246 e. The third-order valence-corrected chi connectivity index (χ3v) is 6.19. The lowest BCUT2D eigenvalue weighted by Crippen LogP contribution is -2.59. The van der Waals surface area contributed by atoms with Crippen molar-refractivity contribution < 1.29 is 18.8 Å². The molecule has 3 amide bonds. The van der Waals surface area contributed by atoms with Crippen molar-refractivity contribution in [3.05, 3.63) is 58.0 Å². The van der Waals surface area contributed by atoms with Gasteiger partial charge in [-0.3, -0.25) is 14.4 Å². The van der Waals surface area contributed by atoms with Gasteiger partial charge in [-0.1, -0.05) is 12.1 Å². The number of hydrogen-bond acceptors (Lipinski definition) is 4. The highest BCUT2D eigenvalue weighted by Crippen LogP contribution is 2.21. The van der Waals surface area contributed by atoms with Crippen molar-refractivity contribution in [2.75, 3.05) is 26.2 Å². The van der Waals surface area contributed by atoms with Gasteiger partial charge < -0.3 is 14.7 Å². The maximum Gasteiger partial charge on any atom is 0.246 e. The van der Waals surface area contributed by atoms with Gasteiger partial charge in [-0.05, 0) is 46.5 Å². The van der Waals surface area contributed by atoms with Gasteiger partial charge in [-0.2, -0.15) is 11.3 Å². The molecule has 1 aromatic carbocycles. The number of fused-ring (bicyclic) bond motifs is 1. The maximum absolute atomic E-state index is 13.5. The normalized spacial score (nSPS) is 19.9. The van der Waals surface area contributed by atoms with Crippen LogP contribution < -0.4 is 0 Å². The Morgan fingerprint density at radius 1 is 1.14 bits per heavy atom. The van der Waals surface area contributed by atoms with Crippen molar-refractivity contribution in [3.8, 4) is 0 Å². The molecule has 29 heavy (non-hydrogen) atoms. The lowest BCUT2D eigenvalue weighted by molar-refractivity contribution is -0.156. The molecule has 3 heterocycles. The standard InChI is InChI=1S/C21H22FN3O3S/c22-17-3-1-2-15(10-17)12-24-13-20(27)25-8-7-23(6-4-18(25)21(24)28)19(26)11-16-5-9-29-14-16/h1-3,5,9-10,14,18H,4,6-8,11-13H2. The molecule has 0 aliphatic carbocycles. The fourth-order valence-electron chi connectivity index (χ4n) is 3.95. The van der Waals surface area contributed by atoms with Gasteiger partial charge in [0, 0.05) is 26.2 Å². The summed E-state index contributed by atoms with van der Waals surface area (Å²) >= 11 is 1.55. The van der Waals surface area contributed by atoms with E-state index < -0.39 is 6.04 Å². The van der Waals surface area contributed by atoms with E-state index in [0.29, 0.717) is 38.0 Å². The first-order valence-corrected chi connectivity index (χ1v) is 10.6. The van der Waals surface area contributed by atoms with Crippen LogP contribution in [0.1, 0.15) is 17.5 Å². The Hall–Kier alpha value is -2.74. The van der Waals surface area contributed by atoms with E-state index in [9.17, 15) is 18.8 Å². The molecule has 8 heteroatoms. The second kappa shape index (κ2) is 8.32. The van der Waals surface area contributed by atoms with E-state index in [1.54, 1.807) is 33.3 Å². The van der Waals surface area contributed by atoms with Crippen molar-refractivity contribution in [2.24, 2.45) is 0 Å². The summed E-state index contributed by atoms with van der Waals surface area (Å²) in [6.45, 7) is 1.42. The van der Waals surface area contributed by atoms with Gasteiger partial charge in [-0.15, -0.1) is 0 Å². The molecule has 0 N–H and O–H groups in total. The third kappa shape index (κ3) is 4.32. The van der Waals surface area contributed by atoms with Gasteiger partial charge in [0.2, 0.25) is 17.7 Å². The lowest BCUT2D eigenvalue weighted by Gasteiger charge is -2.39. The maximum atomic E-state index is 13.5. The number of benzene rings is 1. The highest BCUT2D eigenvalue weighted by Gasteiger charge is 2.41. The second-order valence-corrected chi connectivity index (χ2v) is 8.19. The number of piperazine rings is 1. The quantitative estimate of drug-likeness (QED) is 0.766. The summed E-state index contributed by atoms with van der Waals surface area (Å²) in [6.07, 6.45) is 0.751. The molecule has 0 spiro atoms. The van der Waals surface area contributed by atoms with Gasteiger partial charge in [0.05, 0.1) is 6.42 Å². The summed E-state index contributed by atoms with van der Waals surface area (Å²) < 4.78 is 13.5. The van der Waals surface area contributed by atoms with Crippen LogP contribution in [0.3, 0.4) is 0 Å². The Labute approximate surface area is 172 Å². The Kier molecular flexibility index (Phi) is 5.62. The van der Waals surface area contributed by atoms with E-state index in [-0.39, 0.29) is 36.6 Å². The largest absolute Gasteiger partial charge is 0.341 e. The Bertz CT molecular complexity index is 918. The minimum absolute atomic E-state index is 0.0137. The van der Waals surface area contributed by atoms with Crippen molar-refractivity contribution in [1.82, 2.24) is 14.7 Å². The van der Waals surface area contributed by atoms with Crippen LogP contribution in [0, 0.1) is 5.82 Å².